The second-order valence-corrected chi connectivity index (χ2v) is 11.3. The number of amides is 1. The molecule has 1 amide bonds. The van der Waals surface area contributed by atoms with E-state index in [0.29, 0.717) is 5.75 Å². The Labute approximate surface area is 242 Å². The molecule has 40 heavy (non-hydrogen) atoms. The van der Waals surface area contributed by atoms with Crippen LogP contribution in [0.2, 0.25) is 0 Å². The van der Waals surface area contributed by atoms with Crippen molar-refractivity contribution in [1.29, 1.82) is 0 Å². The molecule has 0 radical (unpaired) electrons. The Morgan fingerprint density at radius 2 is 1.38 bits per heavy atom. The smallest absolute Gasteiger partial charge is 0.234 e. The van der Waals surface area contributed by atoms with Crippen molar-refractivity contribution in [2.24, 2.45) is 7.05 Å². The average Bonchev–Trinajstić information content (AvgIpc) is 3.21. The fourth-order valence-corrected chi connectivity index (χ4v) is 6.10. The molecule has 0 atom stereocenters. The molecular weight excluding hydrogens is 510 g/mol. The molecule has 0 aliphatic heterocycles. The van der Waals surface area contributed by atoms with E-state index in [-0.39, 0.29) is 5.91 Å². The zero-order valence-corrected chi connectivity index (χ0v) is 24.2. The molecule has 204 valence electrons. The van der Waals surface area contributed by atoms with Crippen LogP contribution in [0.25, 0.3) is 10.9 Å². The van der Waals surface area contributed by atoms with E-state index in [0.717, 1.165) is 37.5 Å². The predicted octanol–water partition coefficient (Wildman–Crippen LogP) is 7.60. The lowest BCUT2D eigenvalue weighted by Gasteiger charge is -2.23. The molecule has 1 aromatic heterocycles. The Balaban J connectivity index is 1.25. The first-order valence-corrected chi connectivity index (χ1v) is 15.0. The standard InChI is InChI=1S/C35H37N3OS/c1-27-32-22-31(36-35(39)26-40-25-30-16-10-5-11-17-30)18-19-34(32)37(2)33(27)20-21-38(23-28-12-6-3-7-13-28)24-29-14-8-4-9-15-29/h3-19,22H,20-21,23-26H2,1-2H3,(H,36,39). The Bertz CT molecular complexity index is 1490. The Morgan fingerprint density at radius 1 is 0.800 bits per heavy atom. The quantitative estimate of drug-likeness (QED) is 0.175. The number of aromatic nitrogens is 1. The fraction of sp³-hybridized carbons (Fsp3) is 0.229. The summed E-state index contributed by atoms with van der Waals surface area (Å²) in [6, 6.07) is 38.0. The molecule has 0 saturated carbocycles. The Morgan fingerprint density at radius 3 is 1.98 bits per heavy atom. The van der Waals surface area contributed by atoms with Crippen LogP contribution in [0.4, 0.5) is 5.69 Å². The van der Waals surface area contributed by atoms with E-state index in [1.165, 1.54) is 38.9 Å². The lowest BCUT2D eigenvalue weighted by atomic mass is 10.1. The molecule has 0 fully saturated rings. The molecule has 0 aliphatic rings. The zero-order chi connectivity index (χ0) is 27.7. The lowest BCUT2D eigenvalue weighted by Crippen LogP contribution is -2.26. The summed E-state index contributed by atoms with van der Waals surface area (Å²) >= 11 is 1.64. The minimum Gasteiger partial charge on any atom is -0.347 e. The number of hydrogen-bond acceptors (Lipinski definition) is 3. The van der Waals surface area contributed by atoms with E-state index in [2.05, 4.69) is 114 Å². The number of rotatable bonds is 12. The molecule has 5 rings (SSSR count). The van der Waals surface area contributed by atoms with E-state index in [4.69, 9.17) is 0 Å². The summed E-state index contributed by atoms with van der Waals surface area (Å²) in [6.07, 6.45) is 0.953. The second kappa shape index (κ2) is 13.5. The number of nitrogens with one attached hydrogen (secondary N) is 1. The normalized spacial score (nSPS) is 11.3. The average molecular weight is 548 g/mol. The number of thioether (sulfide) groups is 1. The third-order valence-corrected chi connectivity index (χ3v) is 8.39. The summed E-state index contributed by atoms with van der Waals surface area (Å²) in [7, 11) is 2.15. The highest BCUT2D eigenvalue weighted by atomic mass is 32.2. The van der Waals surface area contributed by atoms with Crippen molar-refractivity contribution in [2.75, 3.05) is 17.6 Å². The summed E-state index contributed by atoms with van der Waals surface area (Å²) in [5.74, 6) is 1.30. The van der Waals surface area contributed by atoms with Gasteiger partial charge in [-0.2, -0.15) is 0 Å². The van der Waals surface area contributed by atoms with Gasteiger partial charge in [-0.05, 0) is 47.4 Å². The molecule has 1 heterocycles. The van der Waals surface area contributed by atoms with E-state index < -0.39 is 0 Å². The highest BCUT2D eigenvalue weighted by Gasteiger charge is 2.15. The third-order valence-electron chi connectivity index (χ3n) is 7.39. The van der Waals surface area contributed by atoms with Crippen LogP contribution in [0.1, 0.15) is 27.9 Å². The molecule has 5 aromatic rings. The van der Waals surface area contributed by atoms with Gasteiger partial charge in [0.05, 0.1) is 5.75 Å². The number of carbonyl (C=O) groups excluding carboxylic acids is 1. The van der Waals surface area contributed by atoms with Crippen molar-refractivity contribution in [3.8, 4) is 0 Å². The molecule has 0 unspecified atom stereocenters. The van der Waals surface area contributed by atoms with Crippen molar-refractivity contribution in [2.45, 2.75) is 32.2 Å². The maximum absolute atomic E-state index is 12.6. The van der Waals surface area contributed by atoms with E-state index in [9.17, 15) is 4.79 Å². The Kier molecular flexibility index (Phi) is 9.38. The molecule has 0 saturated heterocycles. The maximum Gasteiger partial charge on any atom is 0.234 e. The Hall–Kier alpha value is -3.80. The lowest BCUT2D eigenvalue weighted by molar-refractivity contribution is -0.113. The minimum atomic E-state index is 0.0338. The number of hydrogen-bond donors (Lipinski definition) is 1. The number of carbonyl (C=O) groups is 1. The van der Waals surface area contributed by atoms with Crippen LogP contribution in [0.5, 0.6) is 0 Å². The molecule has 0 spiro atoms. The summed E-state index contributed by atoms with van der Waals surface area (Å²) in [5, 5.41) is 4.30. The summed E-state index contributed by atoms with van der Waals surface area (Å²) < 4.78 is 2.31. The fourth-order valence-electron chi connectivity index (χ4n) is 5.31. The highest BCUT2D eigenvalue weighted by Crippen LogP contribution is 2.28. The highest BCUT2D eigenvalue weighted by molar-refractivity contribution is 7.99. The van der Waals surface area contributed by atoms with Gasteiger partial charge in [-0.3, -0.25) is 9.69 Å². The van der Waals surface area contributed by atoms with E-state index >= 15 is 0 Å². The van der Waals surface area contributed by atoms with E-state index in [1.807, 2.05) is 24.3 Å². The largest absolute Gasteiger partial charge is 0.347 e. The van der Waals surface area contributed by atoms with Crippen molar-refractivity contribution >= 4 is 34.3 Å². The number of aryl methyl sites for hydroxylation is 2. The van der Waals surface area contributed by atoms with E-state index in [1.54, 1.807) is 11.8 Å². The van der Waals surface area contributed by atoms with Gasteiger partial charge in [-0.25, -0.2) is 0 Å². The summed E-state index contributed by atoms with van der Waals surface area (Å²) in [5.41, 5.74) is 8.56. The summed E-state index contributed by atoms with van der Waals surface area (Å²) in [4.78, 5) is 15.2. The van der Waals surface area contributed by atoms with Crippen molar-refractivity contribution < 1.29 is 4.79 Å². The van der Waals surface area contributed by atoms with Gasteiger partial charge >= 0.3 is 0 Å². The van der Waals surface area contributed by atoms with Gasteiger partial charge in [-0.15, -0.1) is 11.8 Å². The van der Waals surface area contributed by atoms with Gasteiger partial charge in [0.1, 0.15) is 0 Å². The van der Waals surface area contributed by atoms with Gasteiger partial charge in [-0.1, -0.05) is 91.0 Å². The van der Waals surface area contributed by atoms with Crippen LogP contribution in [0, 0.1) is 6.92 Å². The van der Waals surface area contributed by atoms with Crippen LogP contribution in [0.3, 0.4) is 0 Å². The molecule has 0 aliphatic carbocycles. The van der Waals surface area contributed by atoms with Crippen molar-refractivity contribution in [3.05, 3.63) is 137 Å². The SMILES string of the molecule is Cc1c(CCN(Cc2ccccc2)Cc2ccccc2)n(C)c2ccc(NC(=O)CSCc3ccccc3)cc12. The molecule has 4 aromatic carbocycles. The predicted molar refractivity (Wildman–Crippen MR) is 170 cm³/mol. The van der Waals surface area contributed by atoms with Crippen molar-refractivity contribution in [3.63, 3.8) is 0 Å². The number of benzene rings is 4. The van der Waals surface area contributed by atoms with Gasteiger partial charge < -0.3 is 9.88 Å². The topological polar surface area (TPSA) is 37.3 Å². The third kappa shape index (κ3) is 7.23. The van der Waals surface area contributed by atoms with Crippen LogP contribution in [-0.2, 0) is 37.1 Å². The first-order chi connectivity index (χ1) is 19.6. The molecule has 5 heteroatoms. The first-order valence-electron chi connectivity index (χ1n) is 13.9. The maximum atomic E-state index is 12.6. The zero-order valence-electron chi connectivity index (χ0n) is 23.3. The number of nitrogens with zero attached hydrogens (tertiary/aromatic N) is 2. The molecule has 1 N–H and O–H groups in total. The number of anilines is 1. The van der Waals surface area contributed by atoms with Crippen LogP contribution in [-0.4, -0.2) is 27.7 Å². The molecule has 0 bridgehead atoms. The van der Waals surface area contributed by atoms with Gasteiger partial charge in [0.2, 0.25) is 5.91 Å². The van der Waals surface area contributed by atoms with Crippen LogP contribution >= 0.6 is 11.8 Å². The minimum absolute atomic E-state index is 0.0338. The van der Waals surface area contributed by atoms with Gasteiger partial charge in [0, 0.05) is 61.1 Å². The summed E-state index contributed by atoms with van der Waals surface area (Å²) in [6.45, 7) is 4.99. The van der Waals surface area contributed by atoms with Gasteiger partial charge in [0.25, 0.3) is 0 Å². The van der Waals surface area contributed by atoms with Crippen molar-refractivity contribution in [1.82, 2.24) is 9.47 Å². The molecule has 4 nitrogen and oxygen atoms in total. The van der Waals surface area contributed by atoms with Crippen LogP contribution in [0.15, 0.2) is 109 Å². The van der Waals surface area contributed by atoms with Gasteiger partial charge in [0.15, 0.2) is 0 Å². The molecular formula is C35H37N3OS. The number of fused-ring (bicyclic) bond motifs is 1. The van der Waals surface area contributed by atoms with Crippen LogP contribution < -0.4 is 5.32 Å². The second-order valence-electron chi connectivity index (χ2n) is 10.3. The monoisotopic (exact) mass is 547 g/mol. The first kappa shape index (κ1) is 27.8.